The van der Waals surface area contributed by atoms with Gasteiger partial charge in [-0.25, -0.2) is 0 Å². The van der Waals surface area contributed by atoms with E-state index in [1.54, 1.807) is 0 Å². The fourth-order valence-corrected chi connectivity index (χ4v) is 3.62. The summed E-state index contributed by atoms with van der Waals surface area (Å²) in [6.07, 6.45) is 1.70. The van der Waals surface area contributed by atoms with Crippen molar-refractivity contribution in [2.24, 2.45) is 0 Å². The zero-order valence-electron chi connectivity index (χ0n) is 12.5. The van der Waals surface area contributed by atoms with Crippen molar-refractivity contribution in [3.05, 3.63) is 50.5 Å². The minimum absolute atomic E-state index is 0.0547. The van der Waals surface area contributed by atoms with Gasteiger partial charge in [0.15, 0.2) is 0 Å². The standard InChI is InChI=1S/C15H16Cl2N2O3S/c1-10-4-6-11(7-5-10)23-13(14(16)17)12(19(21)22)15(20)18-8-2-3-9-18/h4-7,14H,2-3,8-9H2,1H3/b13-12+. The number of thioether (sulfide) groups is 1. The number of nitro groups is 1. The molecule has 0 spiro atoms. The van der Waals surface area contributed by atoms with Gasteiger partial charge in [0.05, 0.1) is 4.92 Å². The lowest BCUT2D eigenvalue weighted by atomic mass is 10.2. The predicted octanol–water partition coefficient (Wildman–Crippen LogP) is 4.00. The Morgan fingerprint density at radius 1 is 1.26 bits per heavy atom. The molecule has 1 amide bonds. The van der Waals surface area contributed by atoms with Gasteiger partial charge < -0.3 is 4.90 Å². The average molecular weight is 375 g/mol. The van der Waals surface area contributed by atoms with Crippen molar-refractivity contribution in [3.8, 4) is 0 Å². The smallest absolute Gasteiger partial charge is 0.333 e. The Kier molecular flexibility index (Phi) is 6.33. The van der Waals surface area contributed by atoms with Crippen molar-refractivity contribution in [1.82, 2.24) is 4.90 Å². The number of benzene rings is 1. The third-order valence-electron chi connectivity index (χ3n) is 3.46. The van der Waals surface area contributed by atoms with E-state index >= 15 is 0 Å². The Hall–Kier alpha value is -1.24. The van der Waals surface area contributed by atoms with Crippen molar-refractivity contribution in [2.75, 3.05) is 13.1 Å². The fraction of sp³-hybridized carbons (Fsp3) is 0.400. The number of carbonyl (C=O) groups excluding carboxylic acids is 1. The Morgan fingerprint density at radius 2 is 1.83 bits per heavy atom. The summed E-state index contributed by atoms with van der Waals surface area (Å²) in [5, 5.41) is 11.5. The molecule has 1 aliphatic rings. The number of carbonyl (C=O) groups is 1. The van der Waals surface area contributed by atoms with Gasteiger partial charge in [0.2, 0.25) is 0 Å². The van der Waals surface area contributed by atoms with E-state index in [1.807, 2.05) is 31.2 Å². The summed E-state index contributed by atoms with van der Waals surface area (Å²) in [5.41, 5.74) is 0.531. The SMILES string of the molecule is Cc1ccc(S/C(=C(\C(=O)N2CCCC2)[N+](=O)[O-])C(Cl)Cl)cc1. The minimum atomic E-state index is -1.15. The van der Waals surface area contributed by atoms with Crippen LogP contribution in [-0.4, -0.2) is 33.7 Å². The van der Waals surface area contributed by atoms with Crippen LogP contribution in [0.5, 0.6) is 0 Å². The van der Waals surface area contributed by atoms with Gasteiger partial charge in [-0.1, -0.05) is 52.7 Å². The molecular weight excluding hydrogens is 359 g/mol. The highest BCUT2D eigenvalue weighted by atomic mass is 35.5. The molecule has 8 heteroatoms. The van der Waals surface area contributed by atoms with E-state index in [2.05, 4.69) is 0 Å². The van der Waals surface area contributed by atoms with Gasteiger partial charge in [-0.2, -0.15) is 0 Å². The summed E-state index contributed by atoms with van der Waals surface area (Å²) in [6, 6.07) is 7.39. The lowest BCUT2D eigenvalue weighted by Gasteiger charge is -2.15. The topological polar surface area (TPSA) is 63.5 Å². The van der Waals surface area contributed by atoms with Crippen LogP contribution in [-0.2, 0) is 4.79 Å². The maximum atomic E-state index is 12.5. The largest absolute Gasteiger partial charge is 0.346 e. The van der Waals surface area contributed by atoms with Crippen LogP contribution in [0.3, 0.4) is 0 Å². The second-order valence-electron chi connectivity index (χ2n) is 5.19. The molecule has 124 valence electrons. The molecule has 0 bridgehead atoms. The monoisotopic (exact) mass is 374 g/mol. The fourth-order valence-electron chi connectivity index (χ4n) is 2.27. The van der Waals surface area contributed by atoms with Crippen LogP contribution in [0.15, 0.2) is 39.8 Å². The Labute approximate surface area is 148 Å². The van der Waals surface area contributed by atoms with Gasteiger partial charge in [0.25, 0.3) is 0 Å². The van der Waals surface area contributed by atoms with E-state index in [4.69, 9.17) is 23.2 Å². The molecular formula is C15H16Cl2N2O3S. The van der Waals surface area contributed by atoms with Gasteiger partial charge in [-0.3, -0.25) is 14.9 Å². The number of halogens is 2. The zero-order chi connectivity index (χ0) is 17.0. The summed E-state index contributed by atoms with van der Waals surface area (Å²) in [5.74, 6) is -0.617. The summed E-state index contributed by atoms with van der Waals surface area (Å²) in [4.78, 5) is 24.4. The molecule has 23 heavy (non-hydrogen) atoms. The molecule has 0 saturated carbocycles. The van der Waals surface area contributed by atoms with Crippen LogP contribution in [0.25, 0.3) is 0 Å². The number of hydrogen-bond acceptors (Lipinski definition) is 4. The molecule has 5 nitrogen and oxygen atoms in total. The molecule has 1 aliphatic heterocycles. The minimum Gasteiger partial charge on any atom is -0.333 e. The number of alkyl halides is 2. The van der Waals surface area contributed by atoms with Crippen molar-refractivity contribution in [3.63, 3.8) is 0 Å². The van der Waals surface area contributed by atoms with Crippen LogP contribution in [0.4, 0.5) is 0 Å². The van der Waals surface area contributed by atoms with Gasteiger partial charge >= 0.3 is 11.6 Å². The Morgan fingerprint density at radius 3 is 2.30 bits per heavy atom. The highest BCUT2D eigenvalue weighted by Gasteiger charge is 2.35. The lowest BCUT2D eigenvalue weighted by Crippen LogP contribution is -2.32. The number of amides is 1. The van der Waals surface area contributed by atoms with E-state index < -0.39 is 21.4 Å². The van der Waals surface area contributed by atoms with Gasteiger partial charge in [-0.15, -0.1) is 0 Å². The lowest BCUT2D eigenvalue weighted by molar-refractivity contribution is -0.420. The number of nitrogens with zero attached hydrogens (tertiary/aromatic N) is 2. The maximum Gasteiger partial charge on any atom is 0.346 e. The molecule has 1 aromatic rings. The molecule has 0 aromatic heterocycles. The number of allylic oxidation sites excluding steroid dienone is 1. The molecule has 1 aromatic carbocycles. The summed E-state index contributed by atoms with van der Waals surface area (Å²) >= 11 is 12.9. The molecule has 0 unspecified atom stereocenters. The third kappa shape index (κ3) is 4.62. The van der Waals surface area contributed by atoms with E-state index in [0.717, 1.165) is 35.1 Å². The highest BCUT2D eigenvalue weighted by molar-refractivity contribution is 8.03. The van der Waals surface area contributed by atoms with E-state index in [-0.39, 0.29) is 4.91 Å². The van der Waals surface area contributed by atoms with Crippen LogP contribution in [0.1, 0.15) is 18.4 Å². The first kappa shape index (κ1) is 18.1. The molecule has 0 N–H and O–H groups in total. The van der Waals surface area contributed by atoms with Crippen LogP contribution >= 0.6 is 35.0 Å². The predicted molar refractivity (Wildman–Crippen MR) is 92.4 cm³/mol. The number of rotatable bonds is 5. The van der Waals surface area contributed by atoms with Crippen molar-refractivity contribution in [1.29, 1.82) is 0 Å². The van der Waals surface area contributed by atoms with Crippen molar-refractivity contribution in [2.45, 2.75) is 29.5 Å². The summed E-state index contributed by atoms with van der Waals surface area (Å²) in [7, 11) is 0. The summed E-state index contributed by atoms with van der Waals surface area (Å²) < 4.78 is 0. The van der Waals surface area contributed by atoms with Crippen LogP contribution in [0, 0.1) is 17.0 Å². The normalized spacial score (nSPS) is 15.7. The van der Waals surface area contributed by atoms with Gasteiger partial charge in [-0.05, 0) is 31.9 Å². The third-order valence-corrected chi connectivity index (χ3v) is 5.31. The Balaban J connectivity index is 2.38. The average Bonchev–Trinajstić information content (AvgIpc) is 3.02. The first-order valence-corrected chi connectivity index (χ1v) is 8.79. The molecule has 2 rings (SSSR count). The van der Waals surface area contributed by atoms with E-state index in [0.29, 0.717) is 13.1 Å². The molecule has 0 radical (unpaired) electrons. The highest BCUT2D eigenvalue weighted by Crippen LogP contribution is 2.36. The molecule has 1 saturated heterocycles. The van der Waals surface area contributed by atoms with Gasteiger partial charge in [0.1, 0.15) is 9.74 Å². The first-order valence-electron chi connectivity index (χ1n) is 7.10. The second kappa shape index (κ2) is 8.04. The van der Waals surface area contributed by atoms with Crippen molar-refractivity contribution >= 4 is 40.9 Å². The Bertz CT molecular complexity index is 626. The quantitative estimate of drug-likeness (QED) is 0.257. The first-order chi connectivity index (χ1) is 10.9. The number of aryl methyl sites for hydroxylation is 1. The maximum absolute atomic E-state index is 12.5. The number of hydrogen-bond donors (Lipinski definition) is 0. The van der Waals surface area contributed by atoms with Crippen LogP contribution in [0.2, 0.25) is 0 Å². The molecule has 0 atom stereocenters. The van der Waals surface area contributed by atoms with E-state index in [1.165, 1.54) is 4.90 Å². The molecule has 1 heterocycles. The molecule has 1 fully saturated rings. The molecule has 0 aliphatic carbocycles. The number of likely N-dealkylation sites (tertiary alicyclic amines) is 1. The second-order valence-corrected chi connectivity index (χ2v) is 7.40. The van der Waals surface area contributed by atoms with Gasteiger partial charge in [0, 0.05) is 18.0 Å². The summed E-state index contributed by atoms with van der Waals surface area (Å²) in [6.45, 7) is 2.98. The van der Waals surface area contributed by atoms with Crippen LogP contribution < -0.4 is 0 Å². The van der Waals surface area contributed by atoms with Crippen molar-refractivity contribution < 1.29 is 9.72 Å². The van der Waals surface area contributed by atoms with E-state index in [9.17, 15) is 14.9 Å². The zero-order valence-corrected chi connectivity index (χ0v) is 14.8.